The average Bonchev–Trinajstić information content (AvgIpc) is 3.37. The fraction of sp³-hybridized carbons (Fsp3) is 0.538. The van der Waals surface area contributed by atoms with Crippen LogP contribution in [0.15, 0.2) is 18.2 Å². The highest BCUT2D eigenvalue weighted by molar-refractivity contribution is 6.74. The van der Waals surface area contributed by atoms with Crippen LogP contribution < -0.4 is 0 Å². The Morgan fingerprint density at radius 2 is 1.94 bits per heavy atom. The maximum Gasteiger partial charge on any atom is 0.355 e. The quantitative estimate of drug-likeness (QED) is 0.193. The van der Waals surface area contributed by atoms with Crippen molar-refractivity contribution in [2.75, 3.05) is 13.2 Å². The predicted octanol–water partition coefficient (Wildman–Crippen LogP) is 5.74. The van der Waals surface area contributed by atoms with Gasteiger partial charge in [-0.1, -0.05) is 45.9 Å². The molecule has 0 fully saturated rings. The number of aromatic amines is 2. The van der Waals surface area contributed by atoms with E-state index in [0.29, 0.717) is 31.0 Å². The smallest absolute Gasteiger partial charge is 0.355 e. The zero-order chi connectivity index (χ0) is 25.1. The third kappa shape index (κ3) is 5.14. The molecule has 0 saturated carbocycles. The number of esters is 1. The molecule has 2 heterocycles. The minimum atomic E-state index is -1.83. The van der Waals surface area contributed by atoms with Gasteiger partial charge in [0.1, 0.15) is 5.69 Å². The van der Waals surface area contributed by atoms with Gasteiger partial charge in [-0.3, -0.25) is 5.10 Å². The average molecular weight is 486 g/mol. The molecule has 0 amide bonds. The second-order valence-electron chi connectivity index (χ2n) is 10.2. The second kappa shape index (κ2) is 10.5. The van der Waals surface area contributed by atoms with Crippen LogP contribution in [0.2, 0.25) is 18.1 Å². The van der Waals surface area contributed by atoms with Crippen molar-refractivity contribution in [3.63, 3.8) is 0 Å². The first kappa shape index (κ1) is 26.2. The predicted molar refractivity (Wildman–Crippen MR) is 139 cm³/mol. The molecule has 0 unspecified atom stereocenters. The number of para-hydroxylation sites is 1. The van der Waals surface area contributed by atoms with Crippen molar-refractivity contribution < 1.29 is 19.1 Å². The van der Waals surface area contributed by atoms with Gasteiger partial charge in [-0.25, -0.2) is 4.79 Å². The van der Waals surface area contributed by atoms with Gasteiger partial charge in [0.25, 0.3) is 0 Å². The Hall–Kier alpha value is -2.42. The molecule has 0 bridgehead atoms. The molecule has 0 saturated heterocycles. The number of nitrogens with one attached hydrogen (secondary N) is 2. The first-order valence-corrected chi connectivity index (χ1v) is 15.1. The van der Waals surface area contributed by atoms with Crippen molar-refractivity contribution in [2.24, 2.45) is 0 Å². The maximum absolute atomic E-state index is 12.9. The van der Waals surface area contributed by atoms with Gasteiger partial charge in [0.2, 0.25) is 0 Å². The molecule has 0 spiro atoms. The van der Waals surface area contributed by atoms with E-state index in [0.717, 1.165) is 46.1 Å². The molecule has 7 nitrogen and oxygen atoms in total. The Kier molecular flexibility index (Phi) is 8.05. The lowest BCUT2D eigenvalue weighted by molar-refractivity contribution is 0.0519. The molecule has 0 atom stereocenters. The van der Waals surface area contributed by atoms with Crippen LogP contribution in [0.1, 0.15) is 68.5 Å². The summed E-state index contributed by atoms with van der Waals surface area (Å²) < 4.78 is 11.7. The van der Waals surface area contributed by atoms with E-state index < -0.39 is 8.32 Å². The van der Waals surface area contributed by atoms with Crippen LogP contribution in [-0.2, 0) is 28.6 Å². The molecule has 1 aromatic carbocycles. The van der Waals surface area contributed by atoms with Crippen LogP contribution >= 0.6 is 0 Å². The number of fused-ring (bicyclic) bond motifs is 1. The summed E-state index contributed by atoms with van der Waals surface area (Å²) in [6.45, 7) is 15.9. The number of aromatic nitrogens is 3. The van der Waals surface area contributed by atoms with Gasteiger partial charge in [-0.2, -0.15) is 5.10 Å². The van der Waals surface area contributed by atoms with E-state index in [1.54, 1.807) is 0 Å². The van der Waals surface area contributed by atoms with Crippen LogP contribution in [0.3, 0.4) is 0 Å². The number of rotatable bonds is 10. The van der Waals surface area contributed by atoms with Crippen LogP contribution in [0.5, 0.6) is 0 Å². The first-order chi connectivity index (χ1) is 16.1. The minimum Gasteiger partial charge on any atom is -0.461 e. The van der Waals surface area contributed by atoms with Gasteiger partial charge in [0.15, 0.2) is 8.32 Å². The molecule has 8 heteroatoms. The maximum atomic E-state index is 12.9. The van der Waals surface area contributed by atoms with Crippen LogP contribution in [0.4, 0.5) is 0 Å². The number of hydrogen-bond acceptors (Lipinski definition) is 5. The Labute approximate surface area is 203 Å². The molecular formula is C26H39N3O4Si. The molecule has 0 aliphatic rings. The summed E-state index contributed by atoms with van der Waals surface area (Å²) in [6, 6.07) is 6.03. The lowest BCUT2D eigenvalue weighted by Crippen LogP contribution is -2.41. The molecule has 3 rings (SSSR count). The summed E-state index contributed by atoms with van der Waals surface area (Å²) in [7, 11) is -1.83. The molecule has 34 heavy (non-hydrogen) atoms. The number of carbonyl (C=O) groups excluding carboxylic acids is 1. The molecule has 186 valence electrons. The molecule has 3 N–H and O–H groups in total. The van der Waals surface area contributed by atoms with E-state index in [1.807, 2.05) is 32.0 Å². The zero-order valence-electron chi connectivity index (χ0n) is 21.6. The highest BCUT2D eigenvalue weighted by Crippen LogP contribution is 2.38. The Bertz CT molecular complexity index is 1120. The van der Waals surface area contributed by atoms with Gasteiger partial charge in [-0.05, 0) is 49.9 Å². The normalized spacial score (nSPS) is 12.5. The number of nitrogens with zero attached hydrogens (tertiary/aromatic N) is 1. The van der Waals surface area contributed by atoms with Gasteiger partial charge < -0.3 is 19.3 Å². The summed E-state index contributed by atoms with van der Waals surface area (Å²) in [6.07, 6.45) is 2.24. The largest absolute Gasteiger partial charge is 0.461 e. The second-order valence-corrected chi connectivity index (χ2v) is 15.0. The third-order valence-corrected chi connectivity index (χ3v) is 11.5. The molecule has 2 aromatic heterocycles. The number of aliphatic hydroxyl groups is 1. The molecule has 0 radical (unpaired) electrons. The van der Waals surface area contributed by atoms with Gasteiger partial charge in [-0.15, -0.1) is 0 Å². The standard InChI is InChI=1S/C26H39N3O4Si/c1-8-20-22(21(16-30)29-28-20)19-13-10-12-17-18(24(27-23(17)19)25(31)32-9-2)14-11-15-33-34(6,7)26(3,4)5/h10,12-13,27,30H,8-9,11,14-16H2,1-7H3,(H,28,29). The van der Waals surface area contributed by atoms with Crippen molar-refractivity contribution in [2.45, 2.75) is 78.6 Å². The highest BCUT2D eigenvalue weighted by atomic mass is 28.4. The van der Waals surface area contributed by atoms with E-state index in [2.05, 4.69) is 49.0 Å². The van der Waals surface area contributed by atoms with Gasteiger partial charge in [0.05, 0.1) is 30.1 Å². The van der Waals surface area contributed by atoms with E-state index in [4.69, 9.17) is 9.16 Å². The van der Waals surface area contributed by atoms with Crippen molar-refractivity contribution in [3.05, 3.63) is 40.8 Å². The molecule has 3 aromatic rings. The Morgan fingerprint density at radius 3 is 2.56 bits per heavy atom. The Balaban J connectivity index is 2.01. The summed E-state index contributed by atoms with van der Waals surface area (Å²) in [5.74, 6) is -0.352. The van der Waals surface area contributed by atoms with Crippen LogP contribution in [0, 0.1) is 0 Å². The fourth-order valence-corrected chi connectivity index (χ4v) is 5.11. The minimum absolute atomic E-state index is 0.137. The number of carbonyl (C=O) groups is 1. The molecule has 0 aliphatic heterocycles. The summed E-state index contributed by atoms with van der Waals surface area (Å²) >= 11 is 0. The van der Waals surface area contributed by atoms with Crippen molar-refractivity contribution in [1.82, 2.24) is 15.2 Å². The molecular weight excluding hydrogens is 446 g/mol. The van der Waals surface area contributed by atoms with E-state index in [1.165, 1.54) is 0 Å². The number of benzene rings is 1. The van der Waals surface area contributed by atoms with E-state index >= 15 is 0 Å². The number of H-pyrrole nitrogens is 2. The summed E-state index contributed by atoms with van der Waals surface area (Å²) in [5, 5.41) is 18.4. The number of aliphatic hydroxyl groups excluding tert-OH is 1. The first-order valence-electron chi connectivity index (χ1n) is 12.2. The van der Waals surface area contributed by atoms with Crippen molar-refractivity contribution >= 4 is 25.2 Å². The van der Waals surface area contributed by atoms with Crippen LogP contribution in [-0.4, -0.2) is 47.8 Å². The highest BCUT2D eigenvalue weighted by Gasteiger charge is 2.36. The lowest BCUT2D eigenvalue weighted by atomic mass is 9.97. The monoisotopic (exact) mass is 485 g/mol. The van der Waals surface area contributed by atoms with Gasteiger partial charge in [0, 0.05) is 23.1 Å². The summed E-state index contributed by atoms with van der Waals surface area (Å²) in [5.41, 5.74) is 5.65. The van der Waals surface area contributed by atoms with Gasteiger partial charge >= 0.3 is 5.97 Å². The summed E-state index contributed by atoms with van der Waals surface area (Å²) in [4.78, 5) is 16.2. The third-order valence-electron chi connectivity index (χ3n) is 6.94. The van der Waals surface area contributed by atoms with Crippen molar-refractivity contribution in [1.29, 1.82) is 0 Å². The van der Waals surface area contributed by atoms with E-state index in [9.17, 15) is 9.90 Å². The Morgan fingerprint density at radius 1 is 1.21 bits per heavy atom. The van der Waals surface area contributed by atoms with Crippen LogP contribution in [0.25, 0.3) is 22.0 Å². The van der Waals surface area contributed by atoms with Crippen molar-refractivity contribution in [3.8, 4) is 11.1 Å². The van der Waals surface area contributed by atoms with E-state index in [-0.39, 0.29) is 17.6 Å². The topological polar surface area (TPSA) is 100 Å². The number of ether oxygens (including phenoxy) is 1. The number of hydrogen-bond donors (Lipinski definition) is 3. The lowest BCUT2D eigenvalue weighted by Gasteiger charge is -2.36. The fourth-order valence-electron chi connectivity index (χ4n) is 4.02. The molecule has 0 aliphatic carbocycles. The SMILES string of the molecule is CCOC(=O)c1[nH]c2c(-c3c(CC)n[nH]c3CO)cccc2c1CCCO[Si](C)(C)C(C)(C)C. The number of aryl methyl sites for hydroxylation is 2. The zero-order valence-corrected chi connectivity index (χ0v) is 22.6.